The van der Waals surface area contributed by atoms with E-state index in [0.29, 0.717) is 22.9 Å². The van der Waals surface area contributed by atoms with Crippen LogP contribution in [0.25, 0.3) is 10.2 Å². The molecule has 1 fully saturated rings. The van der Waals surface area contributed by atoms with Gasteiger partial charge in [0.05, 0.1) is 27.7 Å². The highest BCUT2D eigenvalue weighted by Gasteiger charge is 2.26. The van der Waals surface area contributed by atoms with E-state index in [9.17, 15) is 9.90 Å². The average molecular weight is 454 g/mol. The largest absolute Gasteiger partial charge is 0.386 e. The van der Waals surface area contributed by atoms with Gasteiger partial charge in [-0.05, 0) is 57.6 Å². The fraction of sp³-hybridized carbons (Fsp3) is 0.500. The summed E-state index contributed by atoms with van der Waals surface area (Å²) in [6.07, 6.45) is 5.41. The maximum atomic E-state index is 12.8. The molecule has 2 N–H and O–H groups in total. The quantitative estimate of drug-likeness (QED) is 0.579. The van der Waals surface area contributed by atoms with Crippen LogP contribution in [0.3, 0.4) is 0 Å². The van der Waals surface area contributed by atoms with E-state index >= 15 is 0 Å². The molecule has 2 aromatic heterocycles. The summed E-state index contributed by atoms with van der Waals surface area (Å²) in [5.41, 5.74) is 1.78. The summed E-state index contributed by atoms with van der Waals surface area (Å²) in [6, 6.07) is 3.79. The molecule has 0 spiro atoms. The van der Waals surface area contributed by atoms with Gasteiger partial charge in [-0.15, -0.1) is 0 Å². The van der Waals surface area contributed by atoms with Crippen LogP contribution in [0.2, 0.25) is 0 Å². The van der Waals surface area contributed by atoms with Gasteiger partial charge in [-0.1, -0.05) is 25.2 Å². The standard InChI is InChI=1S/C24H31N5O2S/c1-14(2)16-6-8-29(9-7-16)23-28-19-10-17(24(4,5)31)18(11-21(19)32-23)27-22(30)20-13-25-12-15(3)26-20/h10-14,16,31H,6-9H2,1-5H3,(H,27,30). The summed E-state index contributed by atoms with van der Waals surface area (Å²) in [5.74, 6) is 1.13. The molecule has 1 amide bonds. The zero-order valence-electron chi connectivity index (χ0n) is 19.3. The lowest BCUT2D eigenvalue weighted by atomic mass is 9.87. The van der Waals surface area contributed by atoms with Gasteiger partial charge < -0.3 is 15.3 Å². The van der Waals surface area contributed by atoms with Crippen LogP contribution in [0.1, 0.15) is 62.3 Å². The molecule has 170 valence electrons. The first-order chi connectivity index (χ1) is 15.1. The molecule has 1 aliphatic rings. The Morgan fingerprint density at radius 3 is 2.56 bits per heavy atom. The molecule has 0 aliphatic carbocycles. The third-order valence-corrected chi connectivity index (χ3v) is 7.24. The minimum Gasteiger partial charge on any atom is -0.386 e. The summed E-state index contributed by atoms with van der Waals surface area (Å²) in [7, 11) is 0. The number of aliphatic hydroxyl groups is 1. The van der Waals surface area contributed by atoms with Gasteiger partial charge >= 0.3 is 0 Å². The molecule has 1 aliphatic heterocycles. The summed E-state index contributed by atoms with van der Waals surface area (Å²) < 4.78 is 0.976. The van der Waals surface area contributed by atoms with Crippen LogP contribution in [0.15, 0.2) is 24.5 Å². The van der Waals surface area contributed by atoms with Gasteiger partial charge in [0.25, 0.3) is 5.91 Å². The van der Waals surface area contributed by atoms with E-state index in [4.69, 9.17) is 4.98 Å². The van der Waals surface area contributed by atoms with E-state index < -0.39 is 5.60 Å². The Morgan fingerprint density at radius 1 is 1.22 bits per heavy atom. The maximum absolute atomic E-state index is 12.8. The number of rotatable bonds is 5. The van der Waals surface area contributed by atoms with Crippen LogP contribution in [0.5, 0.6) is 0 Å². The molecule has 0 atom stereocenters. The Balaban J connectivity index is 1.64. The third kappa shape index (κ3) is 4.76. The molecule has 1 aromatic carbocycles. The highest BCUT2D eigenvalue weighted by Crippen LogP contribution is 2.38. The topological polar surface area (TPSA) is 91.2 Å². The van der Waals surface area contributed by atoms with Gasteiger partial charge in [-0.25, -0.2) is 9.97 Å². The van der Waals surface area contributed by atoms with Crippen molar-refractivity contribution in [3.63, 3.8) is 0 Å². The van der Waals surface area contributed by atoms with Gasteiger partial charge in [0.1, 0.15) is 5.69 Å². The number of hydrogen-bond acceptors (Lipinski definition) is 7. The minimum atomic E-state index is -1.14. The molecule has 1 saturated heterocycles. The molecule has 0 unspecified atom stereocenters. The first-order valence-corrected chi connectivity index (χ1v) is 12.0. The van der Waals surface area contributed by atoms with Crippen molar-refractivity contribution in [1.82, 2.24) is 15.0 Å². The number of anilines is 2. The Labute approximate surface area is 192 Å². The number of fused-ring (bicyclic) bond motifs is 1. The minimum absolute atomic E-state index is 0.241. The molecule has 0 radical (unpaired) electrons. The highest BCUT2D eigenvalue weighted by atomic mass is 32.1. The van der Waals surface area contributed by atoms with Crippen LogP contribution < -0.4 is 10.2 Å². The number of nitrogens with zero attached hydrogens (tertiary/aromatic N) is 4. The first kappa shape index (κ1) is 22.6. The normalized spacial score (nSPS) is 15.5. The Bertz CT molecular complexity index is 1130. The fourth-order valence-electron chi connectivity index (χ4n) is 4.22. The number of thiazole rings is 1. The lowest BCUT2D eigenvalue weighted by Crippen LogP contribution is -2.35. The lowest BCUT2D eigenvalue weighted by molar-refractivity contribution is 0.0794. The number of carbonyl (C=O) groups excluding carboxylic acids is 1. The monoisotopic (exact) mass is 453 g/mol. The van der Waals surface area contributed by atoms with Crippen molar-refractivity contribution in [2.24, 2.45) is 11.8 Å². The fourth-order valence-corrected chi connectivity index (χ4v) is 5.26. The molecular weight excluding hydrogens is 422 g/mol. The number of amides is 1. The van der Waals surface area contributed by atoms with Crippen molar-refractivity contribution in [3.8, 4) is 0 Å². The number of aryl methyl sites for hydroxylation is 1. The smallest absolute Gasteiger partial charge is 0.275 e. The molecule has 0 saturated carbocycles. The molecule has 32 heavy (non-hydrogen) atoms. The van der Waals surface area contributed by atoms with Gasteiger partial charge in [0, 0.05) is 30.5 Å². The number of benzene rings is 1. The van der Waals surface area contributed by atoms with E-state index in [1.165, 1.54) is 19.0 Å². The van der Waals surface area contributed by atoms with Crippen LogP contribution in [-0.2, 0) is 5.60 Å². The zero-order valence-corrected chi connectivity index (χ0v) is 20.2. The molecule has 0 bridgehead atoms. The van der Waals surface area contributed by atoms with Crippen molar-refractivity contribution >= 4 is 38.3 Å². The van der Waals surface area contributed by atoms with Crippen molar-refractivity contribution in [2.45, 2.75) is 53.1 Å². The lowest BCUT2D eigenvalue weighted by Gasteiger charge is -2.33. The van der Waals surface area contributed by atoms with Crippen molar-refractivity contribution < 1.29 is 9.90 Å². The van der Waals surface area contributed by atoms with Gasteiger partial charge in [0.15, 0.2) is 5.13 Å². The summed E-state index contributed by atoms with van der Waals surface area (Å²) >= 11 is 1.63. The molecule has 3 aromatic rings. The number of aromatic nitrogens is 3. The predicted octanol–water partition coefficient (Wildman–Crippen LogP) is 4.75. The number of hydrogen-bond donors (Lipinski definition) is 2. The van der Waals surface area contributed by atoms with Crippen molar-refractivity contribution in [2.75, 3.05) is 23.3 Å². The van der Waals surface area contributed by atoms with Gasteiger partial charge in [0.2, 0.25) is 0 Å². The van der Waals surface area contributed by atoms with E-state index in [-0.39, 0.29) is 11.6 Å². The Morgan fingerprint density at radius 2 is 1.94 bits per heavy atom. The Hall–Kier alpha value is -2.58. The van der Waals surface area contributed by atoms with E-state index in [0.717, 1.165) is 34.4 Å². The second kappa shape index (κ2) is 8.75. The molecule has 4 rings (SSSR count). The molecule has 3 heterocycles. The first-order valence-electron chi connectivity index (χ1n) is 11.1. The second-order valence-corrected chi connectivity index (χ2v) is 10.5. The van der Waals surface area contributed by atoms with Crippen LogP contribution in [-0.4, -0.2) is 39.1 Å². The number of nitrogens with one attached hydrogen (secondary N) is 1. The second-order valence-electron chi connectivity index (χ2n) is 9.49. The molecule has 8 heteroatoms. The highest BCUT2D eigenvalue weighted by molar-refractivity contribution is 7.22. The summed E-state index contributed by atoms with van der Waals surface area (Å²) in [6.45, 7) is 11.8. The molecular formula is C24H31N5O2S. The van der Waals surface area contributed by atoms with E-state index in [1.807, 2.05) is 12.1 Å². The van der Waals surface area contributed by atoms with Crippen molar-refractivity contribution in [1.29, 1.82) is 0 Å². The molecule has 7 nitrogen and oxygen atoms in total. The SMILES string of the molecule is Cc1cncc(C(=O)Nc2cc3sc(N4CCC(C(C)C)CC4)nc3cc2C(C)(C)O)n1. The van der Waals surface area contributed by atoms with Gasteiger partial charge in [-0.3, -0.25) is 9.78 Å². The summed E-state index contributed by atoms with van der Waals surface area (Å²) in [4.78, 5) is 28.3. The van der Waals surface area contributed by atoms with E-state index in [1.54, 1.807) is 38.3 Å². The van der Waals surface area contributed by atoms with Crippen LogP contribution >= 0.6 is 11.3 Å². The number of piperidine rings is 1. The van der Waals surface area contributed by atoms with Crippen LogP contribution in [0.4, 0.5) is 10.8 Å². The van der Waals surface area contributed by atoms with Gasteiger partial charge in [-0.2, -0.15) is 0 Å². The summed E-state index contributed by atoms with van der Waals surface area (Å²) in [5, 5.41) is 14.7. The average Bonchev–Trinajstić information content (AvgIpc) is 3.15. The third-order valence-electron chi connectivity index (χ3n) is 6.16. The van der Waals surface area contributed by atoms with E-state index in [2.05, 4.69) is 34.0 Å². The zero-order chi connectivity index (χ0) is 23.0. The number of carbonyl (C=O) groups is 1. The van der Waals surface area contributed by atoms with Crippen molar-refractivity contribution in [3.05, 3.63) is 41.5 Å². The van der Waals surface area contributed by atoms with Crippen LogP contribution in [0, 0.1) is 18.8 Å². The predicted molar refractivity (Wildman–Crippen MR) is 129 cm³/mol. The Kier molecular flexibility index (Phi) is 6.18. The maximum Gasteiger partial charge on any atom is 0.275 e.